The molecule has 0 bridgehead atoms. The molecule has 7 rings (SSSR count). The highest BCUT2D eigenvalue weighted by molar-refractivity contribution is 7.25. The first-order valence-corrected chi connectivity index (χ1v) is 13.5. The number of nitrogens with zero attached hydrogens (tertiary/aromatic N) is 3. The third-order valence-electron chi connectivity index (χ3n) is 6.92. The summed E-state index contributed by atoms with van der Waals surface area (Å²) in [5.74, 6) is 2.04. The van der Waals surface area contributed by atoms with Crippen LogP contribution in [0.15, 0.2) is 121 Å². The summed E-state index contributed by atoms with van der Waals surface area (Å²) in [5, 5.41) is 2.42. The maximum atomic E-state index is 5.13. The lowest BCUT2D eigenvalue weighted by atomic mass is 9.99. The Morgan fingerprint density at radius 3 is 1.79 bits per heavy atom. The lowest BCUT2D eigenvalue weighted by Crippen LogP contribution is -2.02. The summed E-state index contributed by atoms with van der Waals surface area (Å²) in [6.45, 7) is 2.10. The molecule has 0 amide bonds. The Bertz CT molecular complexity index is 1940. The molecule has 0 unspecified atom stereocenters. The topological polar surface area (TPSA) is 38.7 Å². The molecule has 0 aliphatic rings. The van der Waals surface area contributed by atoms with E-state index in [2.05, 4.69) is 104 Å². The first-order chi connectivity index (χ1) is 18.8. The first-order valence-electron chi connectivity index (χ1n) is 12.6. The zero-order chi connectivity index (χ0) is 25.5. The summed E-state index contributed by atoms with van der Waals surface area (Å²) in [4.78, 5) is 15.3. The van der Waals surface area contributed by atoms with E-state index in [0.717, 1.165) is 33.4 Å². The van der Waals surface area contributed by atoms with Gasteiger partial charge in [-0.05, 0) is 35.7 Å². The SMILES string of the molecule is Cc1ccccc1-c1nc(-c2ccccc2-c2ccccc2)nc(-c2cccc3sc4ccccc4c23)n1. The maximum Gasteiger partial charge on any atom is 0.164 e. The summed E-state index contributed by atoms with van der Waals surface area (Å²) in [5.41, 5.74) is 6.38. The number of aromatic nitrogens is 3. The van der Waals surface area contributed by atoms with Gasteiger partial charge in [-0.3, -0.25) is 0 Å². The molecule has 0 aliphatic carbocycles. The van der Waals surface area contributed by atoms with Crippen LogP contribution in [-0.4, -0.2) is 15.0 Å². The van der Waals surface area contributed by atoms with Crippen molar-refractivity contribution in [3.63, 3.8) is 0 Å². The highest BCUT2D eigenvalue weighted by Crippen LogP contribution is 2.40. The lowest BCUT2D eigenvalue weighted by Gasteiger charge is -2.13. The maximum absolute atomic E-state index is 5.13. The molecule has 2 heterocycles. The van der Waals surface area contributed by atoms with Crippen LogP contribution < -0.4 is 0 Å². The van der Waals surface area contributed by atoms with Gasteiger partial charge in [-0.15, -0.1) is 11.3 Å². The molecular weight excluding hydrogens is 482 g/mol. The smallest absolute Gasteiger partial charge is 0.164 e. The predicted octanol–water partition coefficient (Wildman–Crippen LogP) is 9.22. The largest absolute Gasteiger partial charge is 0.208 e. The van der Waals surface area contributed by atoms with Crippen LogP contribution in [0.2, 0.25) is 0 Å². The zero-order valence-electron chi connectivity index (χ0n) is 20.8. The molecule has 0 spiro atoms. The van der Waals surface area contributed by atoms with Gasteiger partial charge in [-0.1, -0.05) is 109 Å². The van der Waals surface area contributed by atoms with Gasteiger partial charge in [0.2, 0.25) is 0 Å². The highest BCUT2D eigenvalue weighted by Gasteiger charge is 2.18. The number of rotatable bonds is 4. The van der Waals surface area contributed by atoms with E-state index in [1.165, 1.54) is 20.2 Å². The molecule has 0 radical (unpaired) electrons. The average molecular weight is 506 g/mol. The van der Waals surface area contributed by atoms with E-state index in [-0.39, 0.29) is 0 Å². The van der Waals surface area contributed by atoms with Crippen molar-refractivity contribution in [2.45, 2.75) is 6.92 Å². The minimum atomic E-state index is 0.671. The fraction of sp³-hybridized carbons (Fsp3) is 0.0294. The Hall–Kier alpha value is -4.67. The van der Waals surface area contributed by atoms with Crippen LogP contribution in [0.5, 0.6) is 0 Å². The Morgan fingerprint density at radius 1 is 0.447 bits per heavy atom. The van der Waals surface area contributed by atoms with Crippen molar-refractivity contribution in [3.8, 4) is 45.3 Å². The molecular formula is C34H23N3S. The van der Waals surface area contributed by atoms with Gasteiger partial charge in [0.1, 0.15) is 0 Å². The lowest BCUT2D eigenvalue weighted by molar-refractivity contribution is 1.07. The zero-order valence-corrected chi connectivity index (χ0v) is 21.6. The normalized spacial score (nSPS) is 11.3. The van der Waals surface area contributed by atoms with E-state index in [9.17, 15) is 0 Å². The van der Waals surface area contributed by atoms with Crippen LogP contribution in [0.1, 0.15) is 5.56 Å². The Kier molecular flexibility index (Phi) is 5.53. The molecule has 7 aromatic rings. The second kappa shape index (κ2) is 9.33. The molecule has 0 aliphatic heterocycles. The van der Waals surface area contributed by atoms with E-state index in [1.807, 2.05) is 24.3 Å². The molecule has 0 atom stereocenters. The molecule has 0 N–H and O–H groups in total. The molecule has 180 valence electrons. The summed E-state index contributed by atoms with van der Waals surface area (Å²) < 4.78 is 2.49. The monoisotopic (exact) mass is 505 g/mol. The Morgan fingerprint density at radius 2 is 1.00 bits per heavy atom. The minimum Gasteiger partial charge on any atom is -0.208 e. The van der Waals surface area contributed by atoms with E-state index in [1.54, 1.807) is 11.3 Å². The Balaban J connectivity index is 1.53. The number of thiophene rings is 1. The summed E-state index contributed by atoms with van der Waals surface area (Å²) in [7, 11) is 0. The predicted molar refractivity (Wildman–Crippen MR) is 159 cm³/mol. The second-order valence-electron chi connectivity index (χ2n) is 9.31. The molecule has 0 fully saturated rings. The van der Waals surface area contributed by atoms with Gasteiger partial charge >= 0.3 is 0 Å². The van der Waals surface area contributed by atoms with Gasteiger partial charge < -0.3 is 0 Å². The van der Waals surface area contributed by atoms with E-state index in [4.69, 9.17) is 15.0 Å². The van der Waals surface area contributed by atoms with Crippen molar-refractivity contribution in [2.75, 3.05) is 0 Å². The number of aryl methyl sites for hydroxylation is 1. The number of hydrogen-bond acceptors (Lipinski definition) is 4. The fourth-order valence-electron chi connectivity index (χ4n) is 5.07. The molecule has 0 saturated carbocycles. The number of hydrogen-bond donors (Lipinski definition) is 0. The third kappa shape index (κ3) is 3.87. The molecule has 2 aromatic heterocycles. The second-order valence-corrected chi connectivity index (χ2v) is 10.4. The van der Waals surface area contributed by atoms with Crippen molar-refractivity contribution in [1.82, 2.24) is 15.0 Å². The van der Waals surface area contributed by atoms with E-state index in [0.29, 0.717) is 17.5 Å². The molecule has 38 heavy (non-hydrogen) atoms. The van der Waals surface area contributed by atoms with Gasteiger partial charge in [-0.25, -0.2) is 15.0 Å². The summed E-state index contributed by atoms with van der Waals surface area (Å²) >= 11 is 1.80. The molecule has 0 saturated heterocycles. The van der Waals surface area contributed by atoms with Gasteiger partial charge in [0, 0.05) is 36.9 Å². The van der Waals surface area contributed by atoms with Gasteiger partial charge in [0.15, 0.2) is 17.5 Å². The van der Waals surface area contributed by atoms with Crippen molar-refractivity contribution in [1.29, 1.82) is 0 Å². The fourth-order valence-corrected chi connectivity index (χ4v) is 6.20. The van der Waals surface area contributed by atoms with E-state index < -0.39 is 0 Å². The first kappa shape index (κ1) is 22.5. The summed E-state index contributed by atoms with van der Waals surface area (Å²) in [6.07, 6.45) is 0. The van der Waals surface area contributed by atoms with Crippen molar-refractivity contribution in [3.05, 3.63) is 127 Å². The van der Waals surface area contributed by atoms with E-state index >= 15 is 0 Å². The standard InChI is InChI=1S/C34H23N3S/c1-22-12-5-6-15-24(22)32-35-33(26-17-8-7-16-25(26)23-13-3-2-4-14-23)37-34(36-32)28-19-11-21-30-31(28)27-18-9-10-20-29(27)38-30/h2-21H,1H3. The van der Waals surface area contributed by atoms with Gasteiger partial charge in [0.05, 0.1) is 0 Å². The number of benzene rings is 5. The van der Waals surface area contributed by atoms with Crippen LogP contribution in [0.3, 0.4) is 0 Å². The van der Waals surface area contributed by atoms with Crippen molar-refractivity contribution < 1.29 is 0 Å². The molecule has 5 aromatic carbocycles. The van der Waals surface area contributed by atoms with Gasteiger partial charge in [-0.2, -0.15) is 0 Å². The van der Waals surface area contributed by atoms with Crippen molar-refractivity contribution >= 4 is 31.5 Å². The minimum absolute atomic E-state index is 0.671. The van der Waals surface area contributed by atoms with Crippen LogP contribution in [-0.2, 0) is 0 Å². The summed E-state index contributed by atoms with van der Waals surface area (Å²) in [6, 6.07) is 42.0. The third-order valence-corrected chi connectivity index (χ3v) is 8.05. The molecule has 3 nitrogen and oxygen atoms in total. The van der Waals surface area contributed by atoms with Crippen LogP contribution in [0, 0.1) is 6.92 Å². The quantitative estimate of drug-likeness (QED) is 0.239. The Labute approximate surface area is 225 Å². The highest BCUT2D eigenvalue weighted by atomic mass is 32.1. The average Bonchev–Trinajstić information content (AvgIpc) is 3.37. The van der Waals surface area contributed by atoms with Crippen molar-refractivity contribution in [2.24, 2.45) is 0 Å². The van der Waals surface area contributed by atoms with Crippen LogP contribution in [0.4, 0.5) is 0 Å². The molecule has 4 heteroatoms. The number of fused-ring (bicyclic) bond motifs is 3. The van der Waals surface area contributed by atoms with Gasteiger partial charge in [0.25, 0.3) is 0 Å². The van der Waals surface area contributed by atoms with Crippen LogP contribution in [0.25, 0.3) is 65.5 Å². The van der Waals surface area contributed by atoms with Crippen LogP contribution >= 0.6 is 11.3 Å².